The average Bonchev–Trinajstić information content (AvgIpc) is 3.60. The Balaban J connectivity index is 1.42. The van der Waals surface area contributed by atoms with Crippen molar-refractivity contribution in [2.45, 2.75) is 56.7 Å². The number of esters is 2. The number of rotatable bonds is 13. The number of thioether (sulfide) groups is 1. The fourth-order valence-corrected chi connectivity index (χ4v) is 11.4. The molecule has 1 N–H and O–H groups in total. The Morgan fingerprint density at radius 3 is 2.04 bits per heavy atom. The monoisotopic (exact) mass is 752 g/mol. The number of nitrogens with zero attached hydrogens (tertiary/aromatic N) is 1. The van der Waals surface area contributed by atoms with Crippen LogP contribution in [0, 0.1) is 0 Å². The maximum Gasteiger partial charge on any atom is 0.332 e. The van der Waals surface area contributed by atoms with E-state index in [2.05, 4.69) is 5.32 Å². The molecule has 2 heterocycles. The van der Waals surface area contributed by atoms with E-state index in [4.69, 9.17) is 14.2 Å². The molecule has 0 radical (unpaired) electrons. The molecule has 4 aromatic carbocycles. The van der Waals surface area contributed by atoms with Gasteiger partial charge in [-0.25, -0.2) is 4.79 Å². The highest BCUT2D eigenvalue weighted by molar-refractivity contribution is 8.01. The van der Waals surface area contributed by atoms with Crippen molar-refractivity contribution < 1.29 is 38.2 Å². The zero-order valence-electron chi connectivity index (χ0n) is 29.7. The molecule has 2 amide bonds. The molecule has 2 aliphatic rings. The molecule has 0 aromatic heterocycles. The quantitative estimate of drug-likeness (QED) is 0.120. The normalized spacial score (nSPS) is 18.4. The topological polar surface area (TPSA) is 128 Å². The average molecular weight is 753 g/mol. The molecular weight excluding hydrogens is 711 g/mol. The number of carbonyl (C=O) groups is 5. The number of nitrogens with one attached hydrogen (secondary N) is 1. The Hall–Kier alpha value is -5.12. The summed E-state index contributed by atoms with van der Waals surface area (Å²) in [6.45, 7) is 2.11. The third-order valence-corrected chi connectivity index (χ3v) is 13.9. The van der Waals surface area contributed by atoms with Gasteiger partial charge in [-0.3, -0.25) is 24.1 Å². The van der Waals surface area contributed by atoms with Gasteiger partial charge >= 0.3 is 11.9 Å². The fraction of sp³-hybridized carbons (Fsp3) is 0.268. The molecule has 12 heteroatoms. The highest BCUT2D eigenvalue weighted by Crippen LogP contribution is 2.48. The molecule has 2 saturated heterocycles. The maximum atomic E-state index is 14.3. The van der Waals surface area contributed by atoms with Crippen LogP contribution in [0.5, 0.6) is 5.75 Å². The Morgan fingerprint density at radius 1 is 0.868 bits per heavy atom. The van der Waals surface area contributed by atoms with Gasteiger partial charge in [0.2, 0.25) is 0 Å². The van der Waals surface area contributed by atoms with Crippen molar-refractivity contribution in [3.05, 3.63) is 115 Å². The van der Waals surface area contributed by atoms with E-state index in [1.807, 2.05) is 112 Å². The van der Waals surface area contributed by atoms with E-state index >= 15 is 0 Å². The second-order valence-corrected chi connectivity index (χ2v) is 17.9. The van der Waals surface area contributed by atoms with Crippen LogP contribution >= 0.6 is 18.6 Å². The summed E-state index contributed by atoms with van der Waals surface area (Å²) in [5.74, 6) is -0.00214. The van der Waals surface area contributed by atoms with E-state index in [-0.39, 0.29) is 30.5 Å². The lowest BCUT2D eigenvalue weighted by molar-refractivity contribution is -0.146. The van der Waals surface area contributed by atoms with Crippen LogP contribution in [0.15, 0.2) is 115 Å². The number of ether oxygens (including phenoxy) is 3. The first kappa shape index (κ1) is 37.6. The second kappa shape index (κ2) is 16.3. The van der Waals surface area contributed by atoms with Gasteiger partial charge in [0.1, 0.15) is 22.8 Å². The minimum Gasteiger partial charge on any atom is -0.484 e. The molecule has 0 aliphatic carbocycles. The SMILES string of the molecule is CC(C)(C)OC(=O)C=P(c1ccccc1)(c1ccccc1)c1ccccc1N1C(=O)[C@@H](NC(=O)COc2ccccc2)[C@H]1SCC(=O)[C@@H]1CCC(=O)O1. The minimum atomic E-state index is -3.01. The van der Waals surface area contributed by atoms with Crippen molar-refractivity contribution in [2.24, 2.45) is 0 Å². The Labute approximate surface area is 313 Å². The number of cyclic esters (lactones) is 1. The zero-order valence-corrected chi connectivity index (χ0v) is 31.4. The first-order valence-electron chi connectivity index (χ1n) is 17.3. The molecule has 2 aliphatic heterocycles. The summed E-state index contributed by atoms with van der Waals surface area (Å²) >= 11 is 1.18. The smallest absolute Gasteiger partial charge is 0.332 e. The number of β-lactam (4-membered cyclic amide) rings is 1. The van der Waals surface area contributed by atoms with Crippen molar-refractivity contribution in [2.75, 3.05) is 17.3 Å². The van der Waals surface area contributed by atoms with Crippen LogP contribution in [-0.2, 0) is 33.4 Å². The van der Waals surface area contributed by atoms with Crippen LogP contribution in [0.25, 0.3) is 0 Å². The number of para-hydroxylation sites is 2. The molecular formula is C41H41N2O8PS. The van der Waals surface area contributed by atoms with Crippen LogP contribution in [0.2, 0.25) is 0 Å². The molecule has 274 valence electrons. The summed E-state index contributed by atoms with van der Waals surface area (Å²) in [5, 5.41) is 4.54. The van der Waals surface area contributed by atoms with Gasteiger partial charge in [0, 0.05) is 23.9 Å². The second-order valence-electron chi connectivity index (χ2n) is 13.6. The lowest BCUT2D eigenvalue weighted by atomic mass is 10.1. The summed E-state index contributed by atoms with van der Waals surface area (Å²) in [6.07, 6.45) is -0.383. The molecule has 0 spiro atoms. The van der Waals surface area contributed by atoms with Crippen LogP contribution in [-0.4, -0.2) is 70.8 Å². The van der Waals surface area contributed by atoms with E-state index in [1.165, 1.54) is 11.8 Å². The largest absolute Gasteiger partial charge is 0.484 e. The number of carbonyl (C=O) groups excluding carboxylic acids is 5. The minimum absolute atomic E-state index is 0.0663. The summed E-state index contributed by atoms with van der Waals surface area (Å²) in [5.41, 5.74) is -0.233. The summed E-state index contributed by atoms with van der Waals surface area (Å²) < 4.78 is 16.8. The molecule has 0 unspecified atom stereocenters. The van der Waals surface area contributed by atoms with E-state index in [9.17, 15) is 24.0 Å². The van der Waals surface area contributed by atoms with Crippen molar-refractivity contribution in [1.29, 1.82) is 0 Å². The summed E-state index contributed by atoms with van der Waals surface area (Å²) in [7, 11) is 0. The summed E-state index contributed by atoms with van der Waals surface area (Å²) in [4.78, 5) is 67.9. The van der Waals surface area contributed by atoms with Crippen LogP contribution in [0.4, 0.5) is 5.69 Å². The van der Waals surface area contributed by atoms with Gasteiger partial charge in [0.15, 0.2) is 18.5 Å². The lowest BCUT2D eigenvalue weighted by Crippen LogP contribution is -2.71. The third kappa shape index (κ3) is 8.58. The van der Waals surface area contributed by atoms with Crippen molar-refractivity contribution in [3.63, 3.8) is 0 Å². The highest BCUT2D eigenvalue weighted by Gasteiger charge is 2.51. The molecule has 2 fully saturated rings. The Morgan fingerprint density at radius 2 is 1.45 bits per heavy atom. The Kier molecular flexibility index (Phi) is 11.6. The van der Waals surface area contributed by atoms with Crippen molar-refractivity contribution >= 4 is 75.6 Å². The number of anilines is 1. The molecule has 6 rings (SSSR count). The van der Waals surface area contributed by atoms with E-state index in [1.54, 1.807) is 35.0 Å². The first-order valence-corrected chi connectivity index (χ1v) is 20.2. The van der Waals surface area contributed by atoms with Crippen LogP contribution < -0.4 is 30.9 Å². The van der Waals surface area contributed by atoms with Crippen LogP contribution in [0.3, 0.4) is 0 Å². The van der Waals surface area contributed by atoms with E-state index < -0.39 is 47.9 Å². The Bertz CT molecular complexity index is 1990. The lowest BCUT2D eigenvalue weighted by Gasteiger charge is -2.48. The number of Topliss-reactive ketones (excluding diaryl/α,β-unsaturated/α-hetero) is 1. The first-order chi connectivity index (χ1) is 25.5. The molecule has 3 atom stereocenters. The third-order valence-electron chi connectivity index (χ3n) is 8.67. The predicted molar refractivity (Wildman–Crippen MR) is 209 cm³/mol. The van der Waals surface area contributed by atoms with Gasteiger partial charge in [-0.2, -0.15) is 0 Å². The van der Waals surface area contributed by atoms with E-state index in [0.717, 1.165) is 15.9 Å². The van der Waals surface area contributed by atoms with Crippen LogP contribution in [0.1, 0.15) is 33.6 Å². The molecule has 10 nitrogen and oxygen atoms in total. The fourth-order valence-electron chi connectivity index (χ4n) is 6.34. The number of benzene rings is 4. The number of hydrogen-bond acceptors (Lipinski definition) is 9. The van der Waals surface area contributed by atoms with Crippen molar-refractivity contribution in [3.8, 4) is 5.75 Å². The number of hydrogen-bond donors (Lipinski definition) is 1. The van der Waals surface area contributed by atoms with Gasteiger partial charge in [0.05, 0.1) is 11.4 Å². The standard InChI is InChI=1S/C41H41N2O8PS/c1-41(2,3)51-37(47)26-52(29-17-9-5-10-18-29,30-19-11-6-12-20-30)34-22-14-13-21-31(34)43-39(48)38(42-35(45)25-49-28-15-7-4-8-16-28)40(43)53-27-32(44)33-23-24-36(46)50-33/h4-22,26,33,38,40H,23-25,27H2,1-3H3,(H,42,45)/t33-,38+,40+/m0/s1. The van der Waals surface area contributed by atoms with Gasteiger partial charge in [-0.1, -0.05) is 97.1 Å². The van der Waals surface area contributed by atoms with Gasteiger partial charge in [0.25, 0.3) is 11.8 Å². The van der Waals surface area contributed by atoms with Gasteiger partial charge < -0.3 is 19.5 Å². The molecule has 0 bridgehead atoms. The maximum absolute atomic E-state index is 14.3. The zero-order chi connectivity index (χ0) is 37.6. The van der Waals surface area contributed by atoms with E-state index in [0.29, 0.717) is 17.9 Å². The number of amides is 2. The number of ketones is 1. The molecule has 0 saturated carbocycles. The highest BCUT2D eigenvalue weighted by atomic mass is 32.2. The molecule has 4 aromatic rings. The summed E-state index contributed by atoms with van der Waals surface area (Å²) in [6, 6.07) is 34.6. The predicted octanol–water partition coefficient (Wildman–Crippen LogP) is 4.37. The van der Waals surface area contributed by atoms with Crippen molar-refractivity contribution in [1.82, 2.24) is 5.32 Å². The van der Waals surface area contributed by atoms with Gasteiger partial charge in [-0.15, -0.1) is 11.8 Å². The van der Waals surface area contributed by atoms with Gasteiger partial charge in [-0.05, 0) is 56.5 Å². The molecule has 53 heavy (non-hydrogen) atoms.